The molecule has 11 heteroatoms. The Morgan fingerprint density at radius 2 is 1.88 bits per heavy atom. The molecule has 0 aliphatic heterocycles. The highest BCUT2D eigenvalue weighted by Gasteiger charge is 2.28. The zero-order valence-corrected chi connectivity index (χ0v) is 19.2. The summed E-state index contributed by atoms with van der Waals surface area (Å²) in [5.74, 6) is -1.56. The van der Waals surface area contributed by atoms with Crippen LogP contribution in [0.3, 0.4) is 0 Å². The van der Waals surface area contributed by atoms with Crippen LogP contribution in [0, 0.1) is 24.0 Å². The molecule has 0 spiro atoms. The molecule has 0 fully saturated rings. The lowest BCUT2D eigenvalue weighted by molar-refractivity contribution is -0.384. The monoisotopic (exact) mass is 464 g/mol. The van der Waals surface area contributed by atoms with Crippen LogP contribution in [0.15, 0.2) is 18.2 Å². The predicted octanol–water partition coefficient (Wildman–Crippen LogP) is 4.03. The Labute approximate surface area is 188 Å². The first-order valence-corrected chi connectivity index (χ1v) is 10.6. The van der Waals surface area contributed by atoms with Crippen LogP contribution in [0.4, 0.5) is 10.7 Å². The third kappa shape index (κ3) is 6.03. The summed E-state index contributed by atoms with van der Waals surface area (Å²) >= 11 is 0.911. The molecule has 32 heavy (non-hydrogen) atoms. The lowest BCUT2D eigenvalue weighted by atomic mass is 10.1. The molecule has 2 rings (SSSR count). The quantitative estimate of drug-likeness (QED) is 0.334. The zero-order chi connectivity index (χ0) is 24.0. The van der Waals surface area contributed by atoms with E-state index in [-0.39, 0.29) is 33.8 Å². The van der Waals surface area contributed by atoms with Gasteiger partial charge < -0.3 is 19.5 Å². The summed E-state index contributed by atoms with van der Waals surface area (Å²) in [5, 5.41) is 13.6. The number of anilines is 1. The summed E-state index contributed by atoms with van der Waals surface area (Å²) in [4.78, 5) is 47.8. The summed E-state index contributed by atoms with van der Waals surface area (Å²) in [6.45, 7) is 7.95. The van der Waals surface area contributed by atoms with Crippen molar-refractivity contribution < 1.29 is 33.5 Å². The molecule has 1 aromatic heterocycles. The number of nitro benzene ring substituents is 1. The van der Waals surface area contributed by atoms with E-state index in [1.165, 1.54) is 18.2 Å². The van der Waals surface area contributed by atoms with Gasteiger partial charge in [0.2, 0.25) is 0 Å². The third-order valence-electron chi connectivity index (χ3n) is 4.14. The average Bonchev–Trinajstić information content (AvgIpc) is 3.02. The average molecular weight is 464 g/mol. The van der Waals surface area contributed by atoms with Crippen LogP contribution in [0.25, 0.3) is 0 Å². The maximum Gasteiger partial charge on any atom is 0.348 e. The Balaban J connectivity index is 2.21. The van der Waals surface area contributed by atoms with Crippen molar-refractivity contribution in [2.45, 2.75) is 40.7 Å². The highest BCUT2D eigenvalue weighted by atomic mass is 32.1. The molecule has 0 unspecified atom stereocenters. The Morgan fingerprint density at radius 3 is 2.44 bits per heavy atom. The van der Waals surface area contributed by atoms with Crippen molar-refractivity contribution in [3.05, 3.63) is 49.9 Å². The molecule has 0 aliphatic carbocycles. The summed E-state index contributed by atoms with van der Waals surface area (Å²) < 4.78 is 15.7. The maximum atomic E-state index is 12.5. The maximum absolute atomic E-state index is 12.5. The predicted molar refractivity (Wildman–Crippen MR) is 118 cm³/mol. The van der Waals surface area contributed by atoms with Crippen LogP contribution in [-0.4, -0.2) is 42.1 Å². The molecule has 2 aromatic rings. The van der Waals surface area contributed by atoms with Gasteiger partial charge >= 0.3 is 11.9 Å². The van der Waals surface area contributed by atoms with Gasteiger partial charge in [-0.15, -0.1) is 11.3 Å². The molecule has 1 amide bonds. The number of nitro groups is 1. The Morgan fingerprint density at radius 1 is 1.19 bits per heavy atom. The van der Waals surface area contributed by atoms with Crippen LogP contribution >= 0.6 is 11.3 Å². The van der Waals surface area contributed by atoms with E-state index >= 15 is 0 Å². The van der Waals surface area contributed by atoms with E-state index < -0.39 is 29.4 Å². The number of ether oxygens (including phenoxy) is 3. The fourth-order valence-corrected chi connectivity index (χ4v) is 3.82. The Kier molecular flexibility index (Phi) is 8.30. The van der Waals surface area contributed by atoms with E-state index in [1.807, 2.05) is 0 Å². The molecule has 0 atom stereocenters. The molecule has 1 heterocycles. The van der Waals surface area contributed by atoms with Crippen LogP contribution < -0.4 is 10.1 Å². The van der Waals surface area contributed by atoms with Gasteiger partial charge in [0.05, 0.1) is 23.2 Å². The minimum absolute atomic E-state index is 0.0763. The van der Waals surface area contributed by atoms with E-state index in [2.05, 4.69) is 5.32 Å². The molecular formula is C21H24N2O8S. The van der Waals surface area contributed by atoms with Gasteiger partial charge in [-0.2, -0.15) is 0 Å². The molecule has 0 bridgehead atoms. The van der Waals surface area contributed by atoms with E-state index in [1.54, 1.807) is 34.6 Å². The lowest BCUT2D eigenvalue weighted by Crippen LogP contribution is -2.21. The summed E-state index contributed by atoms with van der Waals surface area (Å²) in [5.41, 5.74) is 0.826. The third-order valence-corrected chi connectivity index (χ3v) is 5.32. The van der Waals surface area contributed by atoms with Gasteiger partial charge in [0, 0.05) is 12.1 Å². The number of amides is 1. The van der Waals surface area contributed by atoms with Crippen molar-refractivity contribution in [1.29, 1.82) is 0 Å². The normalized spacial score (nSPS) is 10.6. The second-order valence-corrected chi connectivity index (χ2v) is 8.00. The van der Waals surface area contributed by atoms with Gasteiger partial charge in [-0.25, -0.2) is 9.59 Å². The van der Waals surface area contributed by atoms with Crippen molar-refractivity contribution in [2.24, 2.45) is 0 Å². The molecule has 0 saturated heterocycles. The van der Waals surface area contributed by atoms with Crippen molar-refractivity contribution in [3.8, 4) is 5.75 Å². The second kappa shape index (κ2) is 10.7. The first kappa shape index (κ1) is 24.8. The van der Waals surface area contributed by atoms with Crippen molar-refractivity contribution in [2.75, 3.05) is 18.5 Å². The second-order valence-electron chi connectivity index (χ2n) is 6.98. The SMILES string of the molecule is CCOC(=O)c1c(NC(=O)COc2ccc([N+](=O)[O-])cc2C)sc(C(=O)OC(C)C)c1C. The van der Waals surface area contributed by atoms with E-state index in [9.17, 15) is 24.5 Å². The number of nitrogens with zero attached hydrogens (tertiary/aromatic N) is 1. The van der Waals surface area contributed by atoms with Crippen molar-refractivity contribution in [3.63, 3.8) is 0 Å². The summed E-state index contributed by atoms with van der Waals surface area (Å²) in [6.07, 6.45) is -0.355. The van der Waals surface area contributed by atoms with E-state index in [0.29, 0.717) is 16.9 Å². The molecule has 172 valence electrons. The number of carbonyl (C=O) groups excluding carboxylic acids is 3. The van der Waals surface area contributed by atoms with E-state index in [0.717, 1.165) is 11.3 Å². The van der Waals surface area contributed by atoms with E-state index in [4.69, 9.17) is 14.2 Å². The number of thiophene rings is 1. The minimum Gasteiger partial charge on any atom is -0.483 e. The number of carbonyl (C=O) groups is 3. The molecular weight excluding hydrogens is 440 g/mol. The number of hydrogen-bond donors (Lipinski definition) is 1. The largest absolute Gasteiger partial charge is 0.483 e. The number of non-ortho nitro benzene ring substituents is 1. The van der Waals surface area contributed by atoms with Crippen LogP contribution in [0.2, 0.25) is 0 Å². The van der Waals surface area contributed by atoms with Gasteiger partial charge in [0.15, 0.2) is 6.61 Å². The molecule has 0 saturated carbocycles. The molecule has 0 aliphatic rings. The Bertz CT molecular complexity index is 1040. The van der Waals surface area contributed by atoms with Gasteiger partial charge in [0.25, 0.3) is 11.6 Å². The lowest BCUT2D eigenvalue weighted by Gasteiger charge is -2.10. The molecule has 1 aromatic carbocycles. The number of nitrogens with one attached hydrogen (secondary N) is 1. The topological polar surface area (TPSA) is 134 Å². The van der Waals surface area contributed by atoms with Gasteiger partial charge in [0.1, 0.15) is 15.6 Å². The first-order valence-electron chi connectivity index (χ1n) is 9.74. The molecule has 10 nitrogen and oxygen atoms in total. The summed E-state index contributed by atoms with van der Waals surface area (Å²) in [7, 11) is 0. The van der Waals surface area contributed by atoms with Gasteiger partial charge in [-0.05, 0) is 51.8 Å². The fourth-order valence-electron chi connectivity index (χ4n) is 2.73. The van der Waals surface area contributed by atoms with Gasteiger partial charge in [-0.3, -0.25) is 14.9 Å². The number of esters is 2. The van der Waals surface area contributed by atoms with Crippen LogP contribution in [-0.2, 0) is 14.3 Å². The summed E-state index contributed by atoms with van der Waals surface area (Å²) in [6, 6.07) is 4.01. The highest BCUT2D eigenvalue weighted by molar-refractivity contribution is 7.18. The number of aryl methyl sites for hydroxylation is 1. The highest BCUT2D eigenvalue weighted by Crippen LogP contribution is 2.34. The first-order chi connectivity index (χ1) is 15.0. The Hall–Kier alpha value is -3.47. The van der Waals surface area contributed by atoms with Crippen LogP contribution in [0.1, 0.15) is 51.9 Å². The zero-order valence-electron chi connectivity index (χ0n) is 18.3. The number of benzene rings is 1. The standard InChI is InChI=1S/C21H24N2O8S/c1-6-29-20(25)17-13(5)18(21(26)31-11(2)3)32-19(17)22-16(24)10-30-15-8-7-14(23(27)28)9-12(15)4/h7-9,11H,6,10H2,1-5H3,(H,22,24). The number of rotatable bonds is 9. The fraction of sp³-hybridized carbons (Fsp3) is 0.381. The van der Waals surface area contributed by atoms with Gasteiger partial charge in [-0.1, -0.05) is 0 Å². The number of hydrogen-bond acceptors (Lipinski definition) is 9. The minimum atomic E-state index is -0.674. The molecule has 1 N–H and O–H groups in total. The smallest absolute Gasteiger partial charge is 0.348 e. The molecule has 0 radical (unpaired) electrons. The van der Waals surface area contributed by atoms with Crippen LogP contribution in [0.5, 0.6) is 5.75 Å². The van der Waals surface area contributed by atoms with Crippen molar-refractivity contribution in [1.82, 2.24) is 0 Å². The van der Waals surface area contributed by atoms with Crippen molar-refractivity contribution >= 4 is 39.9 Å².